The van der Waals surface area contributed by atoms with E-state index in [1.54, 1.807) is 12.4 Å². The van der Waals surface area contributed by atoms with Crippen molar-refractivity contribution in [2.24, 2.45) is 0 Å². The van der Waals surface area contributed by atoms with Gasteiger partial charge in [-0.3, -0.25) is 4.79 Å². The van der Waals surface area contributed by atoms with Crippen LogP contribution in [0.4, 0.5) is 0 Å². The number of rotatable bonds is 2. The monoisotopic (exact) mass is 257 g/mol. The molecule has 0 aromatic heterocycles. The largest absolute Gasteiger partial charge is 0.286 e. The maximum Gasteiger partial charge on any atom is 0.225 e. The topological polar surface area (TPSA) is 17.1 Å². The van der Waals surface area contributed by atoms with Gasteiger partial charge in [0.05, 0.1) is 0 Å². The SMILES string of the molecule is O=[C]C=Cc1ccc(I)cc1. The number of carbonyl (C=O) groups excluding carboxylic acids is 1. The molecule has 1 aromatic carbocycles. The summed E-state index contributed by atoms with van der Waals surface area (Å²) in [4.78, 5) is 9.83. The van der Waals surface area contributed by atoms with Gasteiger partial charge in [0.2, 0.25) is 6.29 Å². The van der Waals surface area contributed by atoms with Crippen molar-refractivity contribution in [3.05, 3.63) is 39.5 Å². The second-order valence-electron chi connectivity index (χ2n) is 2.00. The normalized spacial score (nSPS) is 10.3. The minimum Gasteiger partial charge on any atom is -0.286 e. The molecule has 0 N–H and O–H groups in total. The molecule has 1 radical (unpaired) electrons. The molecule has 2 heteroatoms. The Bertz CT molecular complexity index is 261. The predicted octanol–water partition coefficient (Wildman–Crippen LogP) is 2.41. The van der Waals surface area contributed by atoms with E-state index in [4.69, 9.17) is 0 Å². The van der Waals surface area contributed by atoms with Crippen molar-refractivity contribution >= 4 is 35.0 Å². The van der Waals surface area contributed by atoms with Gasteiger partial charge in [-0.1, -0.05) is 18.2 Å². The third-order valence-electron chi connectivity index (χ3n) is 1.21. The van der Waals surface area contributed by atoms with Crippen LogP contribution in [0.5, 0.6) is 0 Å². The molecule has 0 atom stereocenters. The van der Waals surface area contributed by atoms with Crippen LogP contribution in [0.3, 0.4) is 0 Å². The fourth-order valence-electron chi connectivity index (χ4n) is 0.704. The molecule has 0 unspecified atom stereocenters. The zero-order chi connectivity index (χ0) is 8.10. The molecular formula is C9H6IO. The van der Waals surface area contributed by atoms with Gasteiger partial charge in [-0.2, -0.15) is 0 Å². The molecule has 0 bridgehead atoms. The fourth-order valence-corrected chi connectivity index (χ4v) is 1.06. The van der Waals surface area contributed by atoms with Crippen LogP contribution in [0, 0.1) is 3.57 Å². The molecule has 0 spiro atoms. The number of halogens is 1. The number of hydrogen-bond donors (Lipinski definition) is 0. The molecule has 0 saturated heterocycles. The first-order valence-corrected chi connectivity index (χ1v) is 4.20. The summed E-state index contributed by atoms with van der Waals surface area (Å²) in [7, 11) is 0. The van der Waals surface area contributed by atoms with Crippen molar-refractivity contribution in [2.75, 3.05) is 0 Å². The molecule has 0 aliphatic rings. The molecule has 11 heavy (non-hydrogen) atoms. The predicted molar refractivity (Wildman–Crippen MR) is 53.9 cm³/mol. The van der Waals surface area contributed by atoms with Crippen LogP contribution < -0.4 is 0 Å². The van der Waals surface area contributed by atoms with E-state index in [1.807, 2.05) is 24.3 Å². The van der Waals surface area contributed by atoms with Gasteiger partial charge >= 0.3 is 0 Å². The van der Waals surface area contributed by atoms with Crippen molar-refractivity contribution in [3.63, 3.8) is 0 Å². The highest BCUT2D eigenvalue weighted by atomic mass is 127. The summed E-state index contributed by atoms with van der Waals surface area (Å²) in [6.07, 6.45) is 4.79. The Balaban J connectivity index is 2.81. The summed E-state index contributed by atoms with van der Waals surface area (Å²) in [6, 6.07) is 7.89. The maximum absolute atomic E-state index is 9.83. The standard InChI is InChI=1S/C9H6IO/c10-9-5-3-8(4-6-9)2-1-7-11/h1-6H. The highest BCUT2D eigenvalue weighted by Crippen LogP contribution is 2.07. The van der Waals surface area contributed by atoms with E-state index in [-0.39, 0.29) is 0 Å². The molecule has 0 amide bonds. The van der Waals surface area contributed by atoms with Gasteiger partial charge in [0.15, 0.2) is 0 Å². The van der Waals surface area contributed by atoms with Crippen LogP contribution in [-0.2, 0) is 4.79 Å². The number of benzene rings is 1. The lowest BCUT2D eigenvalue weighted by Gasteiger charge is -1.90. The zero-order valence-corrected chi connectivity index (χ0v) is 7.91. The van der Waals surface area contributed by atoms with Crippen LogP contribution in [-0.4, -0.2) is 6.29 Å². The Morgan fingerprint density at radius 1 is 1.27 bits per heavy atom. The van der Waals surface area contributed by atoms with Crippen molar-refractivity contribution < 1.29 is 4.79 Å². The minimum absolute atomic E-state index is 1.02. The van der Waals surface area contributed by atoms with E-state index in [9.17, 15) is 4.79 Å². The molecule has 1 rings (SSSR count). The Kier molecular flexibility index (Phi) is 3.29. The quantitative estimate of drug-likeness (QED) is 0.587. The summed E-state index contributed by atoms with van der Waals surface area (Å²) in [5.41, 5.74) is 1.02. The molecule has 1 nitrogen and oxygen atoms in total. The Hall–Kier alpha value is -0.640. The van der Waals surface area contributed by atoms with Gasteiger partial charge in [-0.05, 0) is 46.4 Å². The van der Waals surface area contributed by atoms with E-state index in [1.165, 1.54) is 9.65 Å². The second kappa shape index (κ2) is 4.28. The smallest absolute Gasteiger partial charge is 0.225 e. The molecule has 0 fully saturated rings. The molecule has 1 aromatic rings. The molecule has 0 aliphatic carbocycles. The van der Waals surface area contributed by atoms with Gasteiger partial charge < -0.3 is 0 Å². The van der Waals surface area contributed by atoms with Crippen LogP contribution in [0.1, 0.15) is 5.56 Å². The van der Waals surface area contributed by atoms with Crippen LogP contribution in [0.2, 0.25) is 0 Å². The molecule has 0 heterocycles. The summed E-state index contributed by atoms with van der Waals surface area (Å²) >= 11 is 2.23. The Morgan fingerprint density at radius 3 is 2.45 bits per heavy atom. The summed E-state index contributed by atoms with van der Waals surface area (Å²) in [5.74, 6) is 0. The lowest BCUT2D eigenvalue weighted by molar-refractivity contribution is 0.564. The van der Waals surface area contributed by atoms with Crippen molar-refractivity contribution in [1.29, 1.82) is 0 Å². The van der Waals surface area contributed by atoms with Gasteiger partial charge in [0.1, 0.15) is 0 Å². The van der Waals surface area contributed by atoms with E-state index < -0.39 is 0 Å². The summed E-state index contributed by atoms with van der Waals surface area (Å²) < 4.78 is 1.19. The first-order valence-electron chi connectivity index (χ1n) is 3.13. The lowest BCUT2D eigenvalue weighted by Crippen LogP contribution is -1.72. The second-order valence-corrected chi connectivity index (χ2v) is 3.25. The molecule has 0 aliphatic heterocycles. The van der Waals surface area contributed by atoms with E-state index in [2.05, 4.69) is 22.6 Å². The zero-order valence-electron chi connectivity index (χ0n) is 5.75. The van der Waals surface area contributed by atoms with Crippen LogP contribution in [0.15, 0.2) is 30.3 Å². The molecule has 55 valence electrons. The third kappa shape index (κ3) is 2.84. The summed E-state index contributed by atoms with van der Waals surface area (Å²) in [5, 5.41) is 0. The van der Waals surface area contributed by atoms with E-state index >= 15 is 0 Å². The highest BCUT2D eigenvalue weighted by Gasteiger charge is 1.85. The Morgan fingerprint density at radius 2 is 1.91 bits per heavy atom. The Labute approximate surface area is 79.3 Å². The average molecular weight is 257 g/mol. The van der Waals surface area contributed by atoms with Crippen molar-refractivity contribution in [1.82, 2.24) is 0 Å². The molecular weight excluding hydrogens is 251 g/mol. The first-order chi connectivity index (χ1) is 5.33. The van der Waals surface area contributed by atoms with Gasteiger partial charge in [0, 0.05) is 3.57 Å². The maximum atomic E-state index is 9.83. The van der Waals surface area contributed by atoms with E-state index in [0.29, 0.717) is 0 Å². The van der Waals surface area contributed by atoms with Gasteiger partial charge in [-0.15, -0.1) is 0 Å². The van der Waals surface area contributed by atoms with Crippen LogP contribution in [0.25, 0.3) is 6.08 Å². The minimum atomic E-state index is 1.02. The number of allylic oxidation sites excluding steroid dienone is 1. The molecule has 0 saturated carbocycles. The van der Waals surface area contributed by atoms with Gasteiger partial charge in [-0.25, -0.2) is 0 Å². The lowest BCUT2D eigenvalue weighted by atomic mass is 10.2. The number of hydrogen-bond acceptors (Lipinski definition) is 1. The summed E-state index contributed by atoms with van der Waals surface area (Å²) in [6.45, 7) is 0. The third-order valence-corrected chi connectivity index (χ3v) is 1.93. The highest BCUT2D eigenvalue weighted by molar-refractivity contribution is 14.1. The average Bonchev–Trinajstić information content (AvgIpc) is 2.04. The van der Waals surface area contributed by atoms with Crippen molar-refractivity contribution in [2.45, 2.75) is 0 Å². The van der Waals surface area contributed by atoms with Crippen LogP contribution >= 0.6 is 22.6 Å². The van der Waals surface area contributed by atoms with E-state index in [0.717, 1.165) is 5.56 Å². The van der Waals surface area contributed by atoms with Gasteiger partial charge in [0.25, 0.3) is 0 Å². The fraction of sp³-hybridized carbons (Fsp3) is 0. The first kappa shape index (κ1) is 8.46. The van der Waals surface area contributed by atoms with Crippen molar-refractivity contribution in [3.8, 4) is 0 Å².